The number of aryl methyl sites for hydroxylation is 2. The summed E-state index contributed by atoms with van der Waals surface area (Å²) in [4.78, 5) is 15.0. The van der Waals surface area contributed by atoms with Crippen molar-refractivity contribution in [3.63, 3.8) is 0 Å². The highest BCUT2D eigenvalue weighted by Crippen LogP contribution is 2.18. The topological polar surface area (TPSA) is 60.7 Å². The van der Waals surface area contributed by atoms with Crippen LogP contribution in [0.5, 0.6) is 0 Å². The van der Waals surface area contributed by atoms with Crippen LogP contribution in [-0.2, 0) is 7.05 Å². The highest BCUT2D eigenvalue weighted by atomic mass is 16.1. The molecule has 0 amide bonds. The predicted octanol–water partition coefficient (Wildman–Crippen LogP) is 1.31. The average molecular weight is 216 g/mol. The molecule has 0 radical (unpaired) electrons. The first-order valence-electron chi connectivity index (χ1n) is 4.93. The van der Waals surface area contributed by atoms with E-state index in [1.807, 2.05) is 14.0 Å². The largest absolute Gasteiger partial charge is 0.298 e. The van der Waals surface area contributed by atoms with Crippen molar-refractivity contribution in [3.05, 3.63) is 29.1 Å². The fraction of sp³-hybridized carbons (Fsp3) is 0.273. The first-order valence-corrected chi connectivity index (χ1v) is 4.93. The highest BCUT2D eigenvalue weighted by molar-refractivity contribution is 5.77. The van der Waals surface area contributed by atoms with Crippen LogP contribution in [0.4, 0.5) is 0 Å². The molecule has 5 heteroatoms. The van der Waals surface area contributed by atoms with Crippen LogP contribution in [0.25, 0.3) is 11.4 Å². The van der Waals surface area contributed by atoms with E-state index in [0.717, 1.165) is 23.4 Å². The molecule has 2 aromatic heterocycles. The molecule has 0 spiro atoms. The Morgan fingerprint density at radius 3 is 2.56 bits per heavy atom. The monoisotopic (exact) mass is 216 g/mol. The number of hydrogen-bond acceptors (Lipinski definition) is 4. The lowest BCUT2D eigenvalue weighted by Crippen LogP contribution is -1.95. The lowest BCUT2D eigenvalue weighted by molar-refractivity contribution is 0.112. The van der Waals surface area contributed by atoms with E-state index in [4.69, 9.17) is 0 Å². The zero-order chi connectivity index (χ0) is 11.7. The van der Waals surface area contributed by atoms with Gasteiger partial charge in [0.15, 0.2) is 6.29 Å². The van der Waals surface area contributed by atoms with E-state index in [-0.39, 0.29) is 0 Å². The first-order chi connectivity index (χ1) is 7.63. The van der Waals surface area contributed by atoms with Crippen molar-refractivity contribution in [1.29, 1.82) is 0 Å². The van der Waals surface area contributed by atoms with Gasteiger partial charge >= 0.3 is 0 Å². The molecular formula is C11H12N4O. The van der Waals surface area contributed by atoms with Crippen molar-refractivity contribution in [1.82, 2.24) is 20.0 Å². The Morgan fingerprint density at radius 1 is 1.31 bits per heavy atom. The van der Waals surface area contributed by atoms with E-state index >= 15 is 0 Å². The number of nitrogens with zero attached hydrogens (tertiary/aromatic N) is 4. The van der Waals surface area contributed by atoms with Crippen LogP contribution in [0, 0.1) is 13.8 Å². The molecule has 0 atom stereocenters. The first kappa shape index (κ1) is 10.5. The van der Waals surface area contributed by atoms with E-state index in [1.165, 1.54) is 0 Å². The molecule has 0 aliphatic heterocycles. The molecule has 0 N–H and O–H groups in total. The van der Waals surface area contributed by atoms with Gasteiger partial charge in [0.2, 0.25) is 0 Å². The molecule has 0 saturated carbocycles. The van der Waals surface area contributed by atoms with Crippen molar-refractivity contribution < 1.29 is 4.79 Å². The van der Waals surface area contributed by atoms with Crippen molar-refractivity contribution >= 4 is 6.29 Å². The molecule has 82 valence electrons. The smallest absolute Gasteiger partial charge is 0.151 e. The molecule has 2 aromatic rings. The second-order valence-corrected chi connectivity index (χ2v) is 3.64. The summed E-state index contributed by atoms with van der Waals surface area (Å²) in [7, 11) is 1.83. The quantitative estimate of drug-likeness (QED) is 0.710. The van der Waals surface area contributed by atoms with Crippen LogP contribution >= 0.6 is 0 Å². The van der Waals surface area contributed by atoms with Gasteiger partial charge in [0, 0.05) is 18.3 Å². The van der Waals surface area contributed by atoms with Gasteiger partial charge in [0.05, 0.1) is 11.4 Å². The van der Waals surface area contributed by atoms with E-state index in [1.54, 1.807) is 23.7 Å². The molecule has 5 nitrogen and oxygen atoms in total. The SMILES string of the molecule is Cc1nc(-c2nnn(C)c2C)ccc1C=O. The number of hydrogen-bond donors (Lipinski definition) is 0. The second kappa shape index (κ2) is 3.84. The minimum Gasteiger partial charge on any atom is -0.298 e. The molecule has 0 fully saturated rings. The number of pyridine rings is 1. The van der Waals surface area contributed by atoms with Gasteiger partial charge in [-0.2, -0.15) is 0 Å². The lowest BCUT2D eigenvalue weighted by Gasteiger charge is -2.01. The Kier molecular flexibility index (Phi) is 2.52. The van der Waals surface area contributed by atoms with Gasteiger partial charge in [-0.15, -0.1) is 5.10 Å². The summed E-state index contributed by atoms with van der Waals surface area (Å²) in [5, 5.41) is 7.97. The Balaban J connectivity index is 2.53. The minimum atomic E-state index is 0.602. The van der Waals surface area contributed by atoms with Crippen molar-refractivity contribution in [3.8, 4) is 11.4 Å². The fourth-order valence-corrected chi connectivity index (χ4v) is 1.47. The highest BCUT2D eigenvalue weighted by Gasteiger charge is 2.10. The van der Waals surface area contributed by atoms with Gasteiger partial charge in [-0.1, -0.05) is 5.21 Å². The summed E-state index contributed by atoms with van der Waals surface area (Å²) in [6, 6.07) is 3.53. The Labute approximate surface area is 93.1 Å². The van der Waals surface area contributed by atoms with Gasteiger partial charge in [0.1, 0.15) is 5.69 Å². The number of aromatic nitrogens is 4. The van der Waals surface area contributed by atoms with Gasteiger partial charge in [-0.25, -0.2) is 0 Å². The molecule has 0 aliphatic rings. The summed E-state index contributed by atoms with van der Waals surface area (Å²) < 4.78 is 1.69. The molecular weight excluding hydrogens is 204 g/mol. The molecule has 2 heterocycles. The van der Waals surface area contributed by atoms with Gasteiger partial charge < -0.3 is 0 Å². The summed E-state index contributed by atoms with van der Waals surface area (Å²) in [5.41, 5.74) is 3.75. The lowest BCUT2D eigenvalue weighted by atomic mass is 10.1. The van der Waals surface area contributed by atoms with Gasteiger partial charge in [-0.05, 0) is 26.0 Å². The van der Waals surface area contributed by atoms with Crippen LogP contribution in [0.3, 0.4) is 0 Å². The van der Waals surface area contributed by atoms with Crippen LogP contribution < -0.4 is 0 Å². The van der Waals surface area contributed by atoms with E-state index < -0.39 is 0 Å². The molecule has 0 aromatic carbocycles. The van der Waals surface area contributed by atoms with E-state index in [0.29, 0.717) is 11.3 Å². The molecule has 0 unspecified atom stereocenters. The van der Waals surface area contributed by atoms with Crippen molar-refractivity contribution in [2.24, 2.45) is 7.05 Å². The number of carbonyl (C=O) groups excluding carboxylic acids is 1. The fourth-order valence-electron chi connectivity index (χ4n) is 1.47. The third kappa shape index (κ3) is 1.60. The molecule has 0 aliphatic carbocycles. The Hall–Kier alpha value is -2.04. The van der Waals surface area contributed by atoms with Crippen LogP contribution in [0.1, 0.15) is 21.7 Å². The standard InChI is InChI=1S/C11H12N4O/c1-7-9(6-16)4-5-10(12-7)11-8(2)15(3)14-13-11/h4-6H,1-3H3. The average Bonchev–Trinajstić information content (AvgIpc) is 2.60. The second-order valence-electron chi connectivity index (χ2n) is 3.64. The summed E-state index contributed by atoms with van der Waals surface area (Å²) >= 11 is 0. The third-order valence-corrected chi connectivity index (χ3v) is 2.60. The molecule has 16 heavy (non-hydrogen) atoms. The minimum absolute atomic E-state index is 0.602. The predicted molar refractivity (Wildman–Crippen MR) is 59.1 cm³/mol. The normalized spacial score (nSPS) is 10.4. The van der Waals surface area contributed by atoms with E-state index in [9.17, 15) is 4.79 Å². The number of rotatable bonds is 2. The summed E-state index contributed by atoms with van der Waals surface area (Å²) in [6.45, 7) is 3.74. The maximum Gasteiger partial charge on any atom is 0.151 e. The number of carbonyl (C=O) groups is 1. The van der Waals surface area contributed by atoms with Crippen molar-refractivity contribution in [2.45, 2.75) is 13.8 Å². The third-order valence-electron chi connectivity index (χ3n) is 2.60. The Morgan fingerprint density at radius 2 is 2.06 bits per heavy atom. The van der Waals surface area contributed by atoms with Crippen LogP contribution in [-0.4, -0.2) is 26.3 Å². The van der Waals surface area contributed by atoms with Gasteiger partial charge in [-0.3, -0.25) is 14.5 Å². The summed E-state index contributed by atoms with van der Waals surface area (Å²) in [5.74, 6) is 0. The molecule has 2 rings (SSSR count). The van der Waals surface area contributed by atoms with Crippen LogP contribution in [0.15, 0.2) is 12.1 Å². The zero-order valence-electron chi connectivity index (χ0n) is 9.43. The van der Waals surface area contributed by atoms with Crippen LogP contribution in [0.2, 0.25) is 0 Å². The maximum absolute atomic E-state index is 10.7. The van der Waals surface area contributed by atoms with Gasteiger partial charge in [0.25, 0.3) is 0 Å². The molecule has 0 bridgehead atoms. The maximum atomic E-state index is 10.7. The molecule has 0 saturated heterocycles. The van der Waals surface area contributed by atoms with Crippen molar-refractivity contribution in [2.75, 3.05) is 0 Å². The number of aldehydes is 1. The van der Waals surface area contributed by atoms with E-state index in [2.05, 4.69) is 15.3 Å². The summed E-state index contributed by atoms with van der Waals surface area (Å²) in [6.07, 6.45) is 0.801. The Bertz CT molecular complexity index is 545. The zero-order valence-corrected chi connectivity index (χ0v) is 9.43.